The highest BCUT2D eigenvalue weighted by atomic mass is 16.6. The highest BCUT2D eigenvalue weighted by Gasteiger charge is 2.26. The number of anilines is 1. The summed E-state index contributed by atoms with van der Waals surface area (Å²) < 4.78 is 10.7. The van der Waals surface area contributed by atoms with Gasteiger partial charge in [0, 0.05) is 38.3 Å². The third-order valence-corrected chi connectivity index (χ3v) is 6.42. The van der Waals surface area contributed by atoms with Gasteiger partial charge in [0.15, 0.2) is 6.61 Å². The molecule has 0 spiro atoms. The van der Waals surface area contributed by atoms with E-state index < -0.39 is 10.9 Å². The van der Waals surface area contributed by atoms with Gasteiger partial charge in [0.25, 0.3) is 11.6 Å². The Hall–Kier alpha value is -3.46. The molecule has 0 unspecified atom stereocenters. The fraction of sp³-hybridized carbons (Fsp3) is 0.440. The first-order valence-electron chi connectivity index (χ1n) is 11.6. The van der Waals surface area contributed by atoms with E-state index in [9.17, 15) is 19.7 Å². The minimum Gasteiger partial charge on any atom is -0.452 e. The second-order valence-electron chi connectivity index (χ2n) is 8.65. The lowest BCUT2D eigenvalue weighted by Crippen LogP contribution is -2.41. The van der Waals surface area contributed by atoms with Crippen LogP contribution in [0.5, 0.6) is 0 Å². The molecule has 2 heterocycles. The number of carbonyl (C=O) groups is 2. The van der Waals surface area contributed by atoms with Crippen LogP contribution in [0.3, 0.4) is 0 Å². The lowest BCUT2D eigenvalue weighted by molar-refractivity contribution is -0.384. The monoisotopic (exact) mass is 467 g/mol. The average Bonchev–Trinajstić information content (AvgIpc) is 2.88. The highest BCUT2D eigenvalue weighted by Crippen LogP contribution is 2.27. The molecule has 2 aromatic carbocycles. The molecule has 2 aliphatic rings. The number of likely N-dealkylation sites (tertiary alicyclic amines) is 1. The molecule has 9 nitrogen and oxygen atoms in total. The summed E-state index contributed by atoms with van der Waals surface area (Å²) in [5, 5.41) is 11.2. The molecule has 0 aliphatic carbocycles. The number of morpholine rings is 1. The second-order valence-corrected chi connectivity index (χ2v) is 8.65. The summed E-state index contributed by atoms with van der Waals surface area (Å²) in [4.78, 5) is 39.9. The number of carbonyl (C=O) groups excluding carboxylic acids is 2. The van der Waals surface area contributed by atoms with Crippen molar-refractivity contribution in [2.75, 3.05) is 50.9 Å². The topological polar surface area (TPSA) is 102 Å². The number of rotatable bonds is 7. The van der Waals surface area contributed by atoms with Crippen LogP contribution >= 0.6 is 0 Å². The number of nitrogens with zero attached hydrogens (tertiary/aromatic N) is 3. The zero-order chi connectivity index (χ0) is 23.9. The van der Waals surface area contributed by atoms with Crippen molar-refractivity contribution in [1.29, 1.82) is 0 Å². The molecule has 2 aliphatic heterocycles. The maximum Gasteiger partial charge on any atom is 0.341 e. The minimum atomic E-state index is -0.738. The van der Waals surface area contributed by atoms with Gasteiger partial charge in [-0.25, -0.2) is 4.79 Å². The number of non-ortho nitro benzene ring substituents is 1. The van der Waals surface area contributed by atoms with Crippen LogP contribution in [0, 0.1) is 16.0 Å². The summed E-state index contributed by atoms with van der Waals surface area (Å²) in [6, 6.07) is 14.5. The number of hydrogen-bond acceptors (Lipinski definition) is 7. The van der Waals surface area contributed by atoms with Crippen LogP contribution in [0.25, 0.3) is 0 Å². The molecular formula is C25H29N3O6. The van der Waals surface area contributed by atoms with Crippen LogP contribution in [0.2, 0.25) is 0 Å². The van der Waals surface area contributed by atoms with Crippen molar-refractivity contribution in [3.8, 4) is 0 Å². The molecule has 0 radical (unpaired) electrons. The molecule has 0 aromatic heterocycles. The Morgan fingerprint density at radius 2 is 1.74 bits per heavy atom. The summed E-state index contributed by atoms with van der Waals surface area (Å²) in [5.41, 5.74) is 1.74. The second kappa shape index (κ2) is 11.1. The standard InChI is InChI=1S/C25H29N3O6/c29-24(27-10-8-20(9-11-27)16-19-4-2-1-3-5-19)18-34-25(30)22-17-21(28(31)32)6-7-23(22)26-12-14-33-15-13-26/h1-7,17,20H,8-16,18H2. The van der Waals surface area contributed by atoms with Crippen LogP contribution in [-0.4, -0.2) is 67.7 Å². The Morgan fingerprint density at radius 1 is 1.03 bits per heavy atom. The van der Waals surface area contributed by atoms with E-state index in [1.165, 1.54) is 17.7 Å². The van der Waals surface area contributed by atoms with Gasteiger partial charge in [0.1, 0.15) is 0 Å². The van der Waals surface area contributed by atoms with Crippen molar-refractivity contribution < 1.29 is 24.0 Å². The number of piperidine rings is 1. The number of nitro benzene ring substituents is 1. The van der Waals surface area contributed by atoms with Gasteiger partial charge in [-0.05, 0) is 36.8 Å². The number of amides is 1. The van der Waals surface area contributed by atoms with Crippen LogP contribution in [0.4, 0.5) is 11.4 Å². The summed E-state index contributed by atoms with van der Waals surface area (Å²) in [6.07, 6.45) is 2.80. The molecule has 34 heavy (non-hydrogen) atoms. The number of benzene rings is 2. The van der Waals surface area contributed by atoms with Crippen molar-refractivity contribution in [1.82, 2.24) is 4.90 Å². The predicted molar refractivity (Wildman–Crippen MR) is 126 cm³/mol. The van der Waals surface area contributed by atoms with Gasteiger partial charge >= 0.3 is 5.97 Å². The zero-order valence-electron chi connectivity index (χ0n) is 19.1. The summed E-state index contributed by atoms with van der Waals surface area (Å²) in [6.45, 7) is 3.01. The molecule has 0 atom stereocenters. The van der Waals surface area contributed by atoms with Crippen LogP contribution in [-0.2, 0) is 20.7 Å². The Morgan fingerprint density at radius 3 is 2.41 bits per heavy atom. The Kier molecular flexibility index (Phi) is 7.74. The maximum absolute atomic E-state index is 12.9. The fourth-order valence-electron chi connectivity index (χ4n) is 4.51. The normalized spacial score (nSPS) is 16.8. The van der Waals surface area contributed by atoms with Gasteiger partial charge in [0.2, 0.25) is 0 Å². The molecule has 0 bridgehead atoms. The fourth-order valence-corrected chi connectivity index (χ4v) is 4.51. The quantitative estimate of drug-likeness (QED) is 0.350. The van der Waals surface area contributed by atoms with Crippen molar-refractivity contribution in [3.63, 3.8) is 0 Å². The van der Waals surface area contributed by atoms with E-state index in [1.807, 2.05) is 23.1 Å². The first-order valence-corrected chi connectivity index (χ1v) is 11.6. The minimum absolute atomic E-state index is 0.0884. The van der Waals surface area contributed by atoms with E-state index >= 15 is 0 Å². The summed E-state index contributed by atoms with van der Waals surface area (Å²) >= 11 is 0. The van der Waals surface area contributed by atoms with Crippen molar-refractivity contribution in [2.45, 2.75) is 19.3 Å². The largest absolute Gasteiger partial charge is 0.452 e. The van der Waals surface area contributed by atoms with Crippen LogP contribution < -0.4 is 4.90 Å². The molecule has 0 saturated carbocycles. The first-order chi connectivity index (χ1) is 16.5. The van der Waals surface area contributed by atoms with Crippen LogP contribution in [0.1, 0.15) is 28.8 Å². The average molecular weight is 468 g/mol. The van der Waals surface area contributed by atoms with Gasteiger partial charge in [-0.1, -0.05) is 30.3 Å². The van der Waals surface area contributed by atoms with Gasteiger partial charge in [-0.15, -0.1) is 0 Å². The smallest absolute Gasteiger partial charge is 0.341 e. The molecule has 180 valence electrons. The first kappa shape index (κ1) is 23.7. The predicted octanol–water partition coefficient (Wildman–Crippen LogP) is 3.07. The number of esters is 1. The number of ether oxygens (including phenoxy) is 2. The summed E-state index contributed by atoms with van der Waals surface area (Å²) in [7, 11) is 0. The molecule has 2 saturated heterocycles. The van der Waals surface area contributed by atoms with Crippen LogP contribution in [0.15, 0.2) is 48.5 Å². The van der Waals surface area contributed by atoms with E-state index in [0.717, 1.165) is 19.3 Å². The molecule has 2 fully saturated rings. The third-order valence-electron chi connectivity index (χ3n) is 6.42. The zero-order valence-corrected chi connectivity index (χ0v) is 19.1. The number of nitro groups is 1. The van der Waals surface area contributed by atoms with Gasteiger partial charge in [0.05, 0.1) is 29.4 Å². The van der Waals surface area contributed by atoms with E-state index in [1.54, 1.807) is 11.0 Å². The van der Waals surface area contributed by atoms with Gasteiger partial charge in [-0.2, -0.15) is 0 Å². The van der Waals surface area contributed by atoms with E-state index in [-0.39, 0.29) is 23.8 Å². The number of hydrogen-bond donors (Lipinski definition) is 0. The molecular weight excluding hydrogens is 438 g/mol. The van der Waals surface area contributed by atoms with Crippen molar-refractivity contribution >= 4 is 23.3 Å². The SMILES string of the molecule is O=C(OCC(=O)N1CCC(Cc2ccccc2)CC1)c1cc([N+](=O)[O-])ccc1N1CCOCC1. The Bertz CT molecular complexity index is 1010. The molecule has 9 heteroatoms. The summed E-state index contributed by atoms with van der Waals surface area (Å²) in [5.74, 6) is -0.461. The Balaban J connectivity index is 1.33. The van der Waals surface area contributed by atoms with E-state index in [0.29, 0.717) is 51.0 Å². The van der Waals surface area contributed by atoms with Gasteiger partial charge < -0.3 is 19.3 Å². The third kappa shape index (κ3) is 5.91. The van der Waals surface area contributed by atoms with Gasteiger partial charge in [-0.3, -0.25) is 14.9 Å². The maximum atomic E-state index is 12.9. The Labute approximate surface area is 198 Å². The lowest BCUT2D eigenvalue weighted by atomic mass is 9.90. The molecule has 2 aromatic rings. The van der Waals surface area contributed by atoms with E-state index in [4.69, 9.17) is 9.47 Å². The lowest BCUT2D eigenvalue weighted by Gasteiger charge is -2.32. The van der Waals surface area contributed by atoms with Crippen molar-refractivity contribution in [2.24, 2.45) is 5.92 Å². The highest BCUT2D eigenvalue weighted by molar-refractivity contribution is 5.97. The molecule has 0 N–H and O–H groups in total. The van der Waals surface area contributed by atoms with E-state index in [2.05, 4.69) is 12.1 Å². The van der Waals surface area contributed by atoms with Crippen molar-refractivity contribution in [3.05, 3.63) is 69.8 Å². The molecule has 1 amide bonds. The molecule has 4 rings (SSSR count).